The number of Topliss-reactive ketones (excluding diaryl/α,β-unsaturated/α-hetero) is 1. The fraction of sp³-hybridized carbons (Fsp3) is 0.778. The molecule has 7 nitrogen and oxygen atoms in total. The molecule has 2 saturated carbocycles. The topological polar surface area (TPSA) is 95.6 Å². The molecule has 3 amide bonds. The molecule has 1 heterocycles. The number of piperidine rings is 1. The van der Waals surface area contributed by atoms with Gasteiger partial charge in [-0.05, 0) is 55.1 Å². The van der Waals surface area contributed by atoms with Crippen LogP contribution in [0.2, 0.25) is 0 Å². The minimum atomic E-state index is -0.927. The molecule has 3 aliphatic rings. The lowest BCUT2D eigenvalue weighted by Gasteiger charge is -2.35. The van der Waals surface area contributed by atoms with Crippen LogP contribution in [0.4, 0.5) is 0 Å². The lowest BCUT2D eigenvalue weighted by Crippen LogP contribution is -2.56. The number of hydrogen-bond donors (Lipinski definition) is 2. The molecule has 0 bridgehead atoms. The first-order valence-corrected chi connectivity index (χ1v) is 14.6. The van der Waals surface area contributed by atoms with Crippen molar-refractivity contribution in [2.24, 2.45) is 29.1 Å². The van der Waals surface area contributed by atoms with Crippen LogP contribution in [0.1, 0.15) is 65.7 Å². The van der Waals surface area contributed by atoms with E-state index in [0.717, 1.165) is 25.7 Å². The third-order valence-corrected chi connectivity index (χ3v) is 9.23. The van der Waals surface area contributed by atoms with Crippen molar-refractivity contribution in [1.29, 1.82) is 0 Å². The largest absolute Gasteiger partial charge is 0.349 e. The van der Waals surface area contributed by atoms with Crippen LogP contribution in [0.3, 0.4) is 0 Å². The first kappa shape index (κ1) is 27.8. The molecule has 5 atom stereocenters. The summed E-state index contributed by atoms with van der Waals surface area (Å²) in [4.78, 5) is 54.3. The van der Waals surface area contributed by atoms with Crippen molar-refractivity contribution in [2.45, 2.75) is 77.8 Å². The summed E-state index contributed by atoms with van der Waals surface area (Å²) in [5.74, 6) is -0.228. The Hall–Kier alpha value is -1.83. The molecule has 35 heavy (non-hydrogen) atoms. The summed E-state index contributed by atoms with van der Waals surface area (Å²) in [7, 11) is 0. The maximum Gasteiger partial charge on any atom is 0.289 e. The molecule has 3 rings (SSSR count). The van der Waals surface area contributed by atoms with Crippen molar-refractivity contribution >= 4 is 35.3 Å². The molecule has 1 unspecified atom stereocenters. The number of thioether (sulfide) groups is 1. The Morgan fingerprint density at radius 3 is 2.49 bits per heavy atom. The van der Waals surface area contributed by atoms with Gasteiger partial charge in [0, 0.05) is 24.8 Å². The van der Waals surface area contributed by atoms with Crippen molar-refractivity contribution in [2.75, 3.05) is 25.1 Å². The summed E-state index contributed by atoms with van der Waals surface area (Å²) in [5, 5.41) is 5.51. The number of nitrogens with one attached hydrogen (secondary N) is 2. The monoisotopic (exact) mass is 505 g/mol. The van der Waals surface area contributed by atoms with E-state index in [1.54, 1.807) is 22.7 Å². The second-order valence-electron chi connectivity index (χ2n) is 11.1. The fourth-order valence-electron chi connectivity index (χ4n) is 6.23. The molecule has 0 spiro atoms. The maximum absolute atomic E-state index is 13.6. The zero-order valence-corrected chi connectivity index (χ0v) is 22.6. The van der Waals surface area contributed by atoms with Gasteiger partial charge in [-0.3, -0.25) is 19.2 Å². The lowest BCUT2D eigenvalue weighted by molar-refractivity contribution is -0.146. The molecule has 196 valence electrons. The first-order chi connectivity index (χ1) is 16.6. The van der Waals surface area contributed by atoms with E-state index in [1.807, 2.05) is 13.2 Å². The average molecular weight is 506 g/mol. The number of amides is 3. The second kappa shape index (κ2) is 11.9. The van der Waals surface area contributed by atoms with Crippen molar-refractivity contribution in [3.63, 3.8) is 0 Å². The van der Waals surface area contributed by atoms with E-state index in [-0.39, 0.29) is 35.0 Å². The molecule has 0 aromatic rings. The van der Waals surface area contributed by atoms with Crippen LogP contribution in [0.5, 0.6) is 0 Å². The van der Waals surface area contributed by atoms with Gasteiger partial charge in [-0.2, -0.15) is 11.8 Å². The molecule has 8 heteroatoms. The van der Waals surface area contributed by atoms with E-state index in [9.17, 15) is 19.2 Å². The Balaban J connectivity index is 1.73. The van der Waals surface area contributed by atoms with Crippen molar-refractivity contribution in [3.05, 3.63) is 12.7 Å². The van der Waals surface area contributed by atoms with Gasteiger partial charge < -0.3 is 15.5 Å². The molecule has 0 aromatic carbocycles. The Morgan fingerprint density at radius 2 is 1.86 bits per heavy atom. The van der Waals surface area contributed by atoms with Gasteiger partial charge in [0.05, 0.1) is 6.04 Å². The quantitative estimate of drug-likeness (QED) is 0.241. The highest BCUT2D eigenvalue weighted by Crippen LogP contribution is 2.65. The van der Waals surface area contributed by atoms with Crippen molar-refractivity contribution in [3.8, 4) is 0 Å². The first-order valence-electron chi connectivity index (χ1n) is 13.2. The van der Waals surface area contributed by atoms with Gasteiger partial charge in [0.15, 0.2) is 0 Å². The van der Waals surface area contributed by atoms with Gasteiger partial charge >= 0.3 is 0 Å². The Labute approximate surface area is 214 Å². The molecule has 0 aromatic heterocycles. The zero-order chi connectivity index (χ0) is 25.8. The molecule has 3 fully saturated rings. The van der Waals surface area contributed by atoms with E-state index in [4.69, 9.17) is 0 Å². The van der Waals surface area contributed by atoms with Crippen LogP contribution in [-0.4, -0.2) is 65.6 Å². The normalized spacial score (nSPS) is 26.9. The zero-order valence-electron chi connectivity index (χ0n) is 21.8. The SMILES string of the molecule is C=CCCC(NC(=O)[C@@H]1[C@@H]2[C@H](CN1C(=O)[C@@H](C)C1CCCCC1)C2(C)C)C(=O)C(=O)NCCSC. The van der Waals surface area contributed by atoms with Gasteiger partial charge in [-0.25, -0.2) is 0 Å². The van der Waals surface area contributed by atoms with E-state index < -0.39 is 23.8 Å². The summed E-state index contributed by atoms with van der Waals surface area (Å²) < 4.78 is 0. The summed E-state index contributed by atoms with van der Waals surface area (Å²) in [6, 6.07) is -1.52. The predicted octanol–water partition coefficient (Wildman–Crippen LogP) is 3.19. The molecule has 0 radical (unpaired) electrons. The Kier molecular flexibility index (Phi) is 9.47. The fourth-order valence-corrected chi connectivity index (χ4v) is 6.54. The van der Waals surface area contributed by atoms with E-state index >= 15 is 0 Å². The minimum Gasteiger partial charge on any atom is -0.349 e. The molecule has 2 N–H and O–H groups in total. The summed E-state index contributed by atoms with van der Waals surface area (Å²) in [6.45, 7) is 11.0. The third-order valence-electron chi connectivity index (χ3n) is 8.61. The number of rotatable bonds is 12. The molecular weight excluding hydrogens is 462 g/mol. The molecule has 1 saturated heterocycles. The number of fused-ring (bicyclic) bond motifs is 1. The Bertz CT molecular complexity index is 823. The van der Waals surface area contributed by atoms with Gasteiger partial charge in [0.2, 0.25) is 17.6 Å². The smallest absolute Gasteiger partial charge is 0.289 e. The van der Waals surface area contributed by atoms with E-state index in [0.29, 0.717) is 37.6 Å². The number of hydrogen-bond acceptors (Lipinski definition) is 5. The van der Waals surface area contributed by atoms with Gasteiger partial charge in [0.1, 0.15) is 6.04 Å². The summed E-state index contributed by atoms with van der Waals surface area (Å²) in [5.41, 5.74) is -0.0112. The third kappa shape index (κ3) is 6.12. The summed E-state index contributed by atoms with van der Waals surface area (Å²) >= 11 is 1.58. The average Bonchev–Trinajstić information content (AvgIpc) is 3.18. The predicted molar refractivity (Wildman–Crippen MR) is 140 cm³/mol. The van der Waals surface area contributed by atoms with Crippen LogP contribution in [0.25, 0.3) is 0 Å². The van der Waals surface area contributed by atoms with Crippen LogP contribution < -0.4 is 10.6 Å². The van der Waals surface area contributed by atoms with Gasteiger partial charge in [-0.15, -0.1) is 6.58 Å². The number of allylic oxidation sites excluding steroid dienone is 1. The van der Waals surface area contributed by atoms with E-state index in [2.05, 4.69) is 31.1 Å². The number of carbonyl (C=O) groups is 4. The van der Waals surface area contributed by atoms with Crippen LogP contribution in [0, 0.1) is 29.1 Å². The molecule has 1 aliphatic heterocycles. The van der Waals surface area contributed by atoms with E-state index in [1.165, 1.54) is 6.42 Å². The van der Waals surface area contributed by atoms with Gasteiger partial charge in [-0.1, -0.05) is 46.1 Å². The standard InChI is InChI=1S/C27H43N3O4S/c1-6-7-13-20(23(31)25(33)28-14-15-35-5)29-24(32)22-21-19(27(21,3)4)16-30(22)26(34)17(2)18-11-9-8-10-12-18/h6,17-22H,1,7-16H2,2-5H3,(H,28,33)(H,29,32)/t17-,19-,20?,21-,22-/m0/s1. The molecule has 2 aliphatic carbocycles. The minimum absolute atomic E-state index is 0.0112. The number of nitrogens with zero attached hydrogens (tertiary/aromatic N) is 1. The lowest BCUT2D eigenvalue weighted by atomic mass is 9.80. The molecular formula is C27H43N3O4S. The van der Waals surface area contributed by atoms with Gasteiger partial charge in [0.25, 0.3) is 5.91 Å². The summed E-state index contributed by atoms with van der Waals surface area (Å²) in [6.07, 6.45) is 10.1. The van der Waals surface area contributed by atoms with Crippen LogP contribution in [0.15, 0.2) is 12.7 Å². The highest BCUT2D eigenvalue weighted by Gasteiger charge is 2.69. The number of likely N-dealkylation sites (tertiary alicyclic amines) is 1. The highest BCUT2D eigenvalue weighted by molar-refractivity contribution is 7.98. The van der Waals surface area contributed by atoms with Crippen molar-refractivity contribution < 1.29 is 19.2 Å². The Morgan fingerprint density at radius 1 is 1.17 bits per heavy atom. The second-order valence-corrected chi connectivity index (χ2v) is 12.1. The highest BCUT2D eigenvalue weighted by atomic mass is 32.2. The van der Waals surface area contributed by atoms with Crippen LogP contribution in [-0.2, 0) is 19.2 Å². The van der Waals surface area contributed by atoms with Crippen molar-refractivity contribution in [1.82, 2.24) is 15.5 Å². The van der Waals surface area contributed by atoms with Crippen LogP contribution >= 0.6 is 11.8 Å². The maximum atomic E-state index is 13.6. The number of ketones is 1. The number of carbonyl (C=O) groups excluding carboxylic acids is 4.